The van der Waals surface area contributed by atoms with Crippen LogP contribution in [0, 0.1) is 5.92 Å². The molecule has 1 aromatic rings. The van der Waals surface area contributed by atoms with Crippen LogP contribution in [0.3, 0.4) is 0 Å². The third kappa shape index (κ3) is 2.87. The van der Waals surface area contributed by atoms with E-state index in [9.17, 15) is 0 Å². The second-order valence-corrected chi connectivity index (χ2v) is 4.32. The first-order valence-electron chi connectivity index (χ1n) is 6.22. The Morgan fingerprint density at radius 3 is 3.00 bits per heavy atom. The largest absolute Gasteiger partial charge is 0.476 e. The number of rotatable bonds is 5. The summed E-state index contributed by atoms with van der Waals surface area (Å²) in [4.78, 5) is 4.23. The van der Waals surface area contributed by atoms with Gasteiger partial charge < -0.3 is 10.1 Å². The van der Waals surface area contributed by atoms with Crippen LogP contribution in [-0.2, 0) is 0 Å². The summed E-state index contributed by atoms with van der Waals surface area (Å²) in [7, 11) is 0. The minimum Gasteiger partial charge on any atom is -0.476 e. The Kier molecular flexibility index (Phi) is 4.03. The maximum atomic E-state index is 5.48. The van der Waals surface area contributed by atoms with Crippen molar-refractivity contribution in [3.8, 4) is 5.88 Å². The molecule has 0 atom stereocenters. The molecule has 3 nitrogen and oxygen atoms in total. The van der Waals surface area contributed by atoms with Gasteiger partial charge in [0.25, 0.3) is 0 Å². The Morgan fingerprint density at radius 2 is 2.25 bits per heavy atom. The van der Waals surface area contributed by atoms with Crippen molar-refractivity contribution in [1.29, 1.82) is 0 Å². The molecule has 1 N–H and O–H groups in total. The zero-order valence-corrected chi connectivity index (χ0v) is 9.91. The summed E-state index contributed by atoms with van der Waals surface area (Å²) in [5.74, 6) is 1.55. The Balaban J connectivity index is 1.91. The lowest BCUT2D eigenvalue weighted by atomic mass is 10.1. The van der Waals surface area contributed by atoms with Crippen molar-refractivity contribution in [1.82, 2.24) is 4.98 Å². The Morgan fingerprint density at radius 1 is 1.44 bits per heavy atom. The van der Waals surface area contributed by atoms with Gasteiger partial charge in [-0.3, -0.25) is 0 Å². The SMILES string of the molecule is CCOc1ncccc1NCC1CCCC1. The maximum Gasteiger partial charge on any atom is 0.237 e. The molecule has 1 aliphatic rings. The van der Waals surface area contributed by atoms with E-state index >= 15 is 0 Å². The molecule has 0 radical (unpaired) electrons. The molecule has 0 amide bonds. The van der Waals surface area contributed by atoms with Crippen LogP contribution >= 0.6 is 0 Å². The summed E-state index contributed by atoms with van der Waals surface area (Å²) in [6.07, 6.45) is 7.26. The van der Waals surface area contributed by atoms with Crippen LogP contribution in [0.4, 0.5) is 5.69 Å². The minimum atomic E-state index is 0.662. The summed E-state index contributed by atoms with van der Waals surface area (Å²) in [5.41, 5.74) is 1.02. The van der Waals surface area contributed by atoms with E-state index in [0.717, 1.165) is 24.0 Å². The number of hydrogen-bond donors (Lipinski definition) is 1. The average Bonchev–Trinajstić information content (AvgIpc) is 2.81. The van der Waals surface area contributed by atoms with Crippen LogP contribution in [0.1, 0.15) is 32.6 Å². The topological polar surface area (TPSA) is 34.1 Å². The number of hydrogen-bond acceptors (Lipinski definition) is 3. The first-order valence-corrected chi connectivity index (χ1v) is 6.22. The van der Waals surface area contributed by atoms with E-state index in [2.05, 4.69) is 10.3 Å². The predicted octanol–water partition coefficient (Wildman–Crippen LogP) is 3.08. The molecular weight excluding hydrogens is 200 g/mol. The third-order valence-electron chi connectivity index (χ3n) is 3.11. The monoisotopic (exact) mass is 220 g/mol. The molecule has 1 heterocycles. The van der Waals surface area contributed by atoms with Gasteiger partial charge in [0.1, 0.15) is 0 Å². The molecule has 2 rings (SSSR count). The summed E-state index contributed by atoms with van der Waals surface area (Å²) in [6, 6.07) is 3.98. The van der Waals surface area contributed by atoms with E-state index in [-0.39, 0.29) is 0 Å². The van der Waals surface area contributed by atoms with Gasteiger partial charge in [0, 0.05) is 12.7 Å². The molecule has 0 aliphatic heterocycles. The van der Waals surface area contributed by atoms with Crippen molar-refractivity contribution >= 4 is 5.69 Å². The van der Waals surface area contributed by atoms with E-state index in [1.807, 2.05) is 19.1 Å². The molecular formula is C13H20N2O. The fourth-order valence-corrected chi connectivity index (χ4v) is 2.25. The van der Waals surface area contributed by atoms with Crippen molar-refractivity contribution in [3.63, 3.8) is 0 Å². The fourth-order valence-electron chi connectivity index (χ4n) is 2.25. The highest BCUT2D eigenvalue weighted by Crippen LogP contribution is 2.26. The molecule has 1 aliphatic carbocycles. The smallest absolute Gasteiger partial charge is 0.237 e. The van der Waals surface area contributed by atoms with Crippen molar-refractivity contribution in [2.24, 2.45) is 5.92 Å². The summed E-state index contributed by atoms with van der Waals surface area (Å²) in [6.45, 7) is 3.69. The quantitative estimate of drug-likeness (QED) is 0.828. The molecule has 1 saturated carbocycles. The van der Waals surface area contributed by atoms with E-state index in [1.165, 1.54) is 25.7 Å². The van der Waals surface area contributed by atoms with Gasteiger partial charge in [-0.05, 0) is 37.8 Å². The molecule has 0 aromatic carbocycles. The molecule has 3 heteroatoms. The fraction of sp³-hybridized carbons (Fsp3) is 0.615. The van der Waals surface area contributed by atoms with Gasteiger partial charge in [-0.1, -0.05) is 12.8 Å². The van der Waals surface area contributed by atoms with Crippen LogP contribution in [0.15, 0.2) is 18.3 Å². The molecule has 0 unspecified atom stereocenters. The lowest BCUT2D eigenvalue weighted by Gasteiger charge is -2.14. The van der Waals surface area contributed by atoms with Crippen molar-refractivity contribution in [2.45, 2.75) is 32.6 Å². The van der Waals surface area contributed by atoms with Gasteiger partial charge in [0.15, 0.2) is 0 Å². The predicted molar refractivity (Wildman–Crippen MR) is 65.9 cm³/mol. The molecule has 0 saturated heterocycles. The number of pyridine rings is 1. The molecule has 0 bridgehead atoms. The maximum absolute atomic E-state index is 5.48. The van der Waals surface area contributed by atoms with E-state index in [4.69, 9.17) is 4.74 Å². The summed E-state index contributed by atoms with van der Waals surface area (Å²) in [5, 5.41) is 3.45. The highest BCUT2D eigenvalue weighted by atomic mass is 16.5. The van der Waals surface area contributed by atoms with E-state index in [1.54, 1.807) is 6.20 Å². The van der Waals surface area contributed by atoms with Gasteiger partial charge in [-0.25, -0.2) is 4.98 Å². The first-order chi connectivity index (χ1) is 7.90. The molecule has 88 valence electrons. The second-order valence-electron chi connectivity index (χ2n) is 4.32. The van der Waals surface area contributed by atoms with Crippen LogP contribution in [-0.4, -0.2) is 18.1 Å². The highest BCUT2D eigenvalue weighted by molar-refractivity contribution is 5.51. The Labute approximate surface area is 97.2 Å². The van der Waals surface area contributed by atoms with Crippen LogP contribution in [0.25, 0.3) is 0 Å². The molecule has 1 aromatic heterocycles. The number of anilines is 1. The molecule has 16 heavy (non-hydrogen) atoms. The summed E-state index contributed by atoms with van der Waals surface area (Å²) < 4.78 is 5.48. The van der Waals surface area contributed by atoms with Crippen molar-refractivity contribution < 1.29 is 4.74 Å². The van der Waals surface area contributed by atoms with E-state index < -0.39 is 0 Å². The zero-order valence-electron chi connectivity index (χ0n) is 9.91. The number of nitrogens with one attached hydrogen (secondary N) is 1. The van der Waals surface area contributed by atoms with Gasteiger partial charge in [0.2, 0.25) is 5.88 Å². The minimum absolute atomic E-state index is 0.662. The third-order valence-corrected chi connectivity index (χ3v) is 3.11. The first kappa shape index (κ1) is 11.2. The summed E-state index contributed by atoms with van der Waals surface area (Å²) >= 11 is 0. The standard InChI is InChI=1S/C13H20N2O/c1-2-16-13-12(8-5-9-14-13)15-10-11-6-3-4-7-11/h5,8-9,11,15H,2-4,6-7,10H2,1H3. The van der Waals surface area contributed by atoms with Gasteiger partial charge in [-0.15, -0.1) is 0 Å². The van der Waals surface area contributed by atoms with Crippen LogP contribution in [0.5, 0.6) is 5.88 Å². The number of aromatic nitrogens is 1. The average molecular weight is 220 g/mol. The van der Waals surface area contributed by atoms with Crippen molar-refractivity contribution in [2.75, 3.05) is 18.5 Å². The Bertz CT molecular complexity index is 321. The molecule has 0 spiro atoms. The van der Waals surface area contributed by atoms with Crippen LogP contribution < -0.4 is 10.1 Å². The zero-order chi connectivity index (χ0) is 11.2. The lowest BCUT2D eigenvalue weighted by molar-refractivity contribution is 0.328. The van der Waals surface area contributed by atoms with Crippen molar-refractivity contribution in [3.05, 3.63) is 18.3 Å². The highest BCUT2D eigenvalue weighted by Gasteiger charge is 2.15. The van der Waals surface area contributed by atoms with Gasteiger partial charge in [0.05, 0.1) is 12.3 Å². The molecule has 1 fully saturated rings. The van der Waals surface area contributed by atoms with Gasteiger partial charge in [-0.2, -0.15) is 0 Å². The second kappa shape index (κ2) is 5.73. The Hall–Kier alpha value is -1.25. The van der Waals surface area contributed by atoms with Crippen LogP contribution in [0.2, 0.25) is 0 Å². The number of ether oxygens (including phenoxy) is 1. The van der Waals surface area contributed by atoms with Gasteiger partial charge >= 0.3 is 0 Å². The van der Waals surface area contributed by atoms with E-state index in [0.29, 0.717) is 6.61 Å². The number of nitrogens with zero attached hydrogens (tertiary/aromatic N) is 1. The normalized spacial score (nSPS) is 16.3. The lowest BCUT2D eigenvalue weighted by Crippen LogP contribution is -2.12.